The number of rotatable bonds is 6. The number of H-pyrrole nitrogens is 1. The normalized spacial score (nSPS) is 10.9. The van der Waals surface area contributed by atoms with Crippen LogP contribution in [0, 0.1) is 5.82 Å². The van der Waals surface area contributed by atoms with E-state index in [9.17, 15) is 9.18 Å². The maximum atomic E-state index is 13.2. The Morgan fingerprint density at radius 2 is 1.86 bits per heavy atom. The minimum atomic E-state index is -0.316. The third kappa shape index (κ3) is 3.79. The maximum Gasteiger partial charge on any atom is 0.260 e. The molecule has 0 amide bonds. The summed E-state index contributed by atoms with van der Waals surface area (Å²) >= 11 is 1.38. The van der Waals surface area contributed by atoms with E-state index in [0.717, 1.165) is 16.8 Å². The highest BCUT2D eigenvalue weighted by Crippen LogP contribution is 2.31. The van der Waals surface area contributed by atoms with Crippen LogP contribution in [-0.4, -0.2) is 24.2 Å². The zero-order valence-corrected chi connectivity index (χ0v) is 16.6. The van der Waals surface area contributed by atoms with Crippen molar-refractivity contribution in [1.29, 1.82) is 0 Å². The molecule has 0 unspecified atom stereocenters. The smallest absolute Gasteiger partial charge is 0.260 e. The highest BCUT2D eigenvalue weighted by Gasteiger charge is 2.13. The first kappa shape index (κ1) is 18.9. The molecule has 0 saturated heterocycles. The van der Waals surface area contributed by atoms with Crippen molar-refractivity contribution in [1.82, 2.24) is 9.97 Å². The van der Waals surface area contributed by atoms with Gasteiger partial charge >= 0.3 is 0 Å². The van der Waals surface area contributed by atoms with E-state index in [1.165, 1.54) is 23.5 Å². The number of fused-ring (bicyclic) bond motifs is 1. The summed E-state index contributed by atoms with van der Waals surface area (Å²) in [5, 5.41) is 5.60. The second-order valence-electron chi connectivity index (χ2n) is 6.27. The van der Waals surface area contributed by atoms with Crippen LogP contribution in [-0.2, 0) is 6.54 Å². The highest BCUT2D eigenvalue weighted by atomic mass is 32.1. The number of hydrogen-bond acceptors (Lipinski definition) is 6. The van der Waals surface area contributed by atoms with Gasteiger partial charge in [-0.1, -0.05) is 12.1 Å². The van der Waals surface area contributed by atoms with Crippen molar-refractivity contribution in [3.8, 4) is 22.6 Å². The molecule has 0 aliphatic heterocycles. The van der Waals surface area contributed by atoms with E-state index in [4.69, 9.17) is 9.47 Å². The van der Waals surface area contributed by atoms with Crippen LogP contribution >= 0.6 is 11.3 Å². The second kappa shape index (κ2) is 7.92. The number of methoxy groups -OCH3 is 2. The Balaban J connectivity index is 1.60. The minimum Gasteiger partial charge on any atom is -0.493 e. The van der Waals surface area contributed by atoms with Gasteiger partial charge in [-0.3, -0.25) is 4.79 Å². The van der Waals surface area contributed by atoms with Crippen LogP contribution in [0.25, 0.3) is 21.3 Å². The van der Waals surface area contributed by atoms with Crippen LogP contribution in [0.3, 0.4) is 0 Å². The molecule has 4 rings (SSSR count). The minimum absolute atomic E-state index is 0.223. The lowest BCUT2D eigenvalue weighted by Crippen LogP contribution is -2.14. The Labute approximate surface area is 170 Å². The molecule has 4 aromatic rings. The molecule has 29 heavy (non-hydrogen) atoms. The van der Waals surface area contributed by atoms with Gasteiger partial charge in [-0.25, -0.2) is 9.37 Å². The largest absolute Gasteiger partial charge is 0.493 e. The van der Waals surface area contributed by atoms with Crippen LogP contribution < -0.4 is 20.3 Å². The first-order valence-corrected chi connectivity index (χ1v) is 9.69. The SMILES string of the molecule is COc1ccc(NCc2nc3scc(-c4ccc(F)cc4)c3c(=O)[nH]2)cc1OC. The van der Waals surface area contributed by atoms with Gasteiger partial charge < -0.3 is 19.8 Å². The summed E-state index contributed by atoms with van der Waals surface area (Å²) in [6, 6.07) is 11.5. The van der Waals surface area contributed by atoms with Crippen molar-refractivity contribution in [2.45, 2.75) is 6.54 Å². The molecule has 2 aromatic heterocycles. The number of anilines is 1. The number of thiophene rings is 1. The van der Waals surface area contributed by atoms with Gasteiger partial charge in [0.2, 0.25) is 0 Å². The molecule has 2 heterocycles. The third-order valence-electron chi connectivity index (χ3n) is 4.49. The summed E-state index contributed by atoms with van der Waals surface area (Å²) in [7, 11) is 3.15. The highest BCUT2D eigenvalue weighted by molar-refractivity contribution is 7.17. The number of hydrogen-bond donors (Lipinski definition) is 2. The van der Waals surface area contributed by atoms with Gasteiger partial charge in [-0.2, -0.15) is 0 Å². The number of nitrogens with one attached hydrogen (secondary N) is 2. The maximum absolute atomic E-state index is 13.2. The van der Waals surface area contributed by atoms with E-state index in [0.29, 0.717) is 34.1 Å². The lowest BCUT2D eigenvalue weighted by Gasteiger charge is -2.11. The summed E-state index contributed by atoms with van der Waals surface area (Å²) in [6.07, 6.45) is 0. The molecule has 0 aliphatic rings. The summed E-state index contributed by atoms with van der Waals surface area (Å²) in [4.78, 5) is 20.7. The fourth-order valence-electron chi connectivity index (χ4n) is 3.05. The molecule has 8 heteroatoms. The number of benzene rings is 2. The first-order valence-electron chi connectivity index (χ1n) is 8.81. The molecule has 2 N–H and O–H groups in total. The topological polar surface area (TPSA) is 76.2 Å². The average molecular weight is 411 g/mol. The lowest BCUT2D eigenvalue weighted by atomic mass is 10.1. The zero-order chi connectivity index (χ0) is 20.4. The Morgan fingerprint density at radius 1 is 1.10 bits per heavy atom. The van der Waals surface area contributed by atoms with Gasteiger partial charge in [0.25, 0.3) is 5.56 Å². The standard InChI is InChI=1S/C21H18FN3O3S/c1-27-16-8-7-14(9-17(16)28-2)23-10-18-24-20(26)19-15(11-29-21(19)25-18)12-3-5-13(22)6-4-12/h3-9,11,23H,10H2,1-2H3,(H,24,25,26). The molecule has 0 fully saturated rings. The molecule has 0 bridgehead atoms. The summed E-state index contributed by atoms with van der Waals surface area (Å²) < 4.78 is 23.7. The van der Waals surface area contributed by atoms with Gasteiger partial charge in [0.15, 0.2) is 11.5 Å². The summed E-state index contributed by atoms with van der Waals surface area (Å²) in [5.41, 5.74) is 2.11. The molecular weight excluding hydrogens is 393 g/mol. The molecule has 0 atom stereocenters. The molecule has 0 radical (unpaired) electrons. The van der Waals surface area contributed by atoms with E-state index in [1.807, 2.05) is 17.5 Å². The van der Waals surface area contributed by atoms with E-state index in [1.54, 1.807) is 32.4 Å². The lowest BCUT2D eigenvalue weighted by molar-refractivity contribution is 0.355. The van der Waals surface area contributed by atoms with Crippen LogP contribution in [0.1, 0.15) is 5.82 Å². The fraction of sp³-hybridized carbons (Fsp3) is 0.143. The van der Waals surface area contributed by atoms with Crippen LogP contribution in [0.5, 0.6) is 11.5 Å². The Hall–Kier alpha value is -3.39. The Kier molecular flexibility index (Phi) is 5.18. The quantitative estimate of drug-likeness (QED) is 0.491. The Morgan fingerprint density at radius 3 is 2.59 bits per heavy atom. The molecule has 148 valence electrons. The first-order chi connectivity index (χ1) is 14.1. The van der Waals surface area contributed by atoms with Gasteiger partial charge in [0.05, 0.1) is 26.2 Å². The van der Waals surface area contributed by atoms with Gasteiger partial charge in [0, 0.05) is 22.7 Å². The van der Waals surface area contributed by atoms with Crippen molar-refractivity contribution in [2.24, 2.45) is 0 Å². The number of aromatic amines is 1. The van der Waals surface area contributed by atoms with Gasteiger partial charge in [-0.05, 0) is 29.8 Å². The molecule has 0 aliphatic carbocycles. The van der Waals surface area contributed by atoms with E-state index >= 15 is 0 Å². The van der Waals surface area contributed by atoms with E-state index in [2.05, 4.69) is 15.3 Å². The number of nitrogens with zero attached hydrogens (tertiary/aromatic N) is 1. The van der Waals surface area contributed by atoms with Crippen molar-refractivity contribution in [2.75, 3.05) is 19.5 Å². The van der Waals surface area contributed by atoms with Crippen LogP contribution in [0.15, 0.2) is 52.6 Å². The van der Waals surface area contributed by atoms with E-state index < -0.39 is 0 Å². The number of ether oxygens (including phenoxy) is 2. The number of aromatic nitrogens is 2. The van der Waals surface area contributed by atoms with Crippen molar-refractivity contribution in [3.63, 3.8) is 0 Å². The van der Waals surface area contributed by atoms with Crippen molar-refractivity contribution in [3.05, 3.63) is 69.8 Å². The third-order valence-corrected chi connectivity index (χ3v) is 5.36. The van der Waals surface area contributed by atoms with E-state index in [-0.39, 0.29) is 11.4 Å². The molecule has 0 spiro atoms. The zero-order valence-electron chi connectivity index (χ0n) is 15.8. The second-order valence-corrected chi connectivity index (χ2v) is 7.13. The summed E-state index contributed by atoms with van der Waals surface area (Å²) in [5.74, 6) is 1.45. The number of halogens is 1. The molecule has 0 saturated carbocycles. The molecular formula is C21H18FN3O3S. The van der Waals surface area contributed by atoms with Gasteiger partial charge in [0.1, 0.15) is 16.5 Å². The van der Waals surface area contributed by atoms with Crippen LogP contribution in [0.2, 0.25) is 0 Å². The molecule has 2 aromatic carbocycles. The van der Waals surface area contributed by atoms with Crippen LogP contribution in [0.4, 0.5) is 10.1 Å². The average Bonchev–Trinajstić information content (AvgIpc) is 3.17. The summed E-state index contributed by atoms with van der Waals surface area (Å²) in [6.45, 7) is 0.338. The molecule has 6 nitrogen and oxygen atoms in total. The predicted molar refractivity (Wildman–Crippen MR) is 113 cm³/mol. The van der Waals surface area contributed by atoms with Crippen molar-refractivity contribution >= 4 is 27.2 Å². The Bertz CT molecular complexity index is 1220. The fourth-order valence-corrected chi connectivity index (χ4v) is 4.02. The monoisotopic (exact) mass is 411 g/mol. The predicted octanol–water partition coefficient (Wildman–Crippen LogP) is 4.42. The van der Waals surface area contributed by atoms with Gasteiger partial charge in [-0.15, -0.1) is 11.3 Å². The van der Waals surface area contributed by atoms with Crippen molar-refractivity contribution < 1.29 is 13.9 Å².